The highest BCUT2D eigenvalue weighted by Crippen LogP contribution is 2.02. The van der Waals surface area contributed by atoms with E-state index in [9.17, 15) is 9.59 Å². The molecular weight excluding hydrogens is 194 g/mol. The molecular formula is C11H21NO3. The van der Waals surface area contributed by atoms with E-state index in [0.717, 1.165) is 19.4 Å². The largest absolute Gasteiger partial charge is 0.481 e. The number of hydrogen-bond acceptors (Lipinski definition) is 3. The van der Waals surface area contributed by atoms with Gasteiger partial charge in [0, 0.05) is 6.54 Å². The number of carbonyl (C=O) groups is 2. The van der Waals surface area contributed by atoms with Crippen LogP contribution < -0.4 is 0 Å². The summed E-state index contributed by atoms with van der Waals surface area (Å²) in [6, 6.07) is 0. The lowest BCUT2D eigenvalue weighted by Crippen LogP contribution is -2.35. The second-order valence-corrected chi connectivity index (χ2v) is 4.03. The Morgan fingerprint density at radius 3 is 2.40 bits per heavy atom. The third-order valence-electron chi connectivity index (χ3n) is 2.23. The Hall–Kier alpha value is -0.900. The van der Waals surface area contributed by atoms with Crippen LogP contribution in [-0.4, -0.2) is 41.4 Å². The average molecular weight is 215 g/mol. The number of hydrogen-bond donors (Lipinski definition) is 1. The van der Waals surface area contributed by atoms with Crippen LogP contribution in [0.5, 0.6) is 0 Å². The zero-order valence-corrected chi connectivity index (χ0v) is 9.82. The predicted molar refractivity (Wildman–Crippen MR) is 58.8 cm³/mol. The molecule has 0 aliphatic rings. The number of carboxylic acid groups (broad SMARTS) is 1. The van der Waals surface area contributed by atoms with Crippen molar-refractivity contribution >= 4 is 11.8 Å². The molecule has 0 amide bonds. The predicted octanol–water partition coefficient (Wildman–Crippen LogP) is 1.40. The summed E-state index contributed by atoms with van der Waals surface area (Å²) in [4.78, 5) is 23.6. The monoisotopic (exact) mass is 215 g/mol. The van der Waals surface area contributed by atoms with E-state index in [1.54, 1.807) is 6.92 Å². The van der Waals surface area contributed by atoms with Gasteiger partial charge < -0.3 is 5.11 Å². The fraction of sp³-hybridized carbons (Fsp3) is 0.818. The molecule has 1 atom stereocenters. The lowest BCUT2D eigenvalue weighted by atomic mass is 10.1. The first-order valence-corrected chi connectivity index (χ1v) is 5.42. The van der Waals surface area contributed by atoms with Gasteiger partial charge in [-0.15, -0.1) is 0 Å². The van der Waals surface area contributed by atoms with Gasteiger partial charge in [0.1, 0.15) is 5.78 Å². The summed E-state index contributed by atoms with van der Waals surface area (Å²) < 4.78 is 0. The smallest absolute Gasteiger partial charge is 0.307 e. The molecule has 0 fully saturated rings. The fourth-order valence-electron chi connectivity index (χ4n) is 1.40. The first kappa shape index (κ1) is 14.1. The molecule has 1 N–H and O–H groups in total. The van der Waals surface area contributed by atoms with Crippen LogP contribution in [0.25, 0.3) is 0 Å². The van der Waals surface area contributed by atoms with E-state index in [1.807, 2.05) is 4.90 Å². The molecule has 4 heteroatoms. The van der Waals surface area contributed by atoms with Crippen molar-refractivity contribution in [3.05, 3.63) is 0 Å². The summed E-state index contributed by atoms with van der Waals surface area (Å²) in [5.74, 6) is -1.13. The standard InChI is InChI=1S/C11H21NO3/c1-4-5-6-12(8-10(3)13)7-9(2)11(14)15/h9H,4-8H2,1-3H3,(H,14,15). The van der Waals surface area contributed by atoms with Crippen LogP contribution in [0.1, 0.15) is 33.6 Å². The zero-order valence-electron chi connectivity index (χ0n) is 9.82. The maximum atomic E-state index is 11.0. The van der Waals surface area contributed by atoms with Gasteiger partial charge >= 0.3 is 5.97 Å². The second kappa shape index (κ2) is 7.40. The minimum Gasteiger partial charge on any atom is -0.481 e. The van der Waals surface area contributed by atoms with Crippen molar-refractivity contribution in [2.75, 3.05) is 19.6 Å². The Kier molecular flexibility index (Phi) is 6.96. The first-order valence-electron chi connectivity index (χ1n) is 5.42. The first-order chi connectivity index (χ1) is 6.97. The summed E-state index contributed by atoms with van der Waals surface area (Å²) in [6.07, 6.45) is 2.05. The van der Waals surface area contributed by atoms with Crippen LogP contribution in [0.15, 0.2) is 0 Å². The highest BCUT2D eigenvalue weighted by molar-refractivity contribution is 5.77. The molecule has 0 saturated heterocycles. The maximum absolute atomic E-state index is 11.0. The molecule has 0 aliphatic heterocycles. The van der Waals surface area contributed by atoms with Crippen molar-refractivity contribution in [3.8, 4) is 0 Å². The van der Waals surface area contributed by atoms with E-state index in [4.69, 9.17) is 5.11 Å². The Bertz CT molecular complexity index is 216. The van der Waals surface area contributed by atoms with Crippen molar-refractivity contribution in [1.82, 2.24) is 4.90 Å². The number of ketones is 1. The Morgan fingerprint density at radius 2 is 2.00 bits per heavy atom. The van der Waals surface area contributed by atoms with Gasteiger partial charge in [-0.1, -0.05) is 20.3 Å². The van der Waals surface area contributed by atoms with Crippen LogP contribution in [0.3, 0.4) is 0 Å². The number of carbonyl (C=O) groups excluding carboxylic acids is 1. The molecule has 0 aliphatic carbocycles. The van der Waals surface area contributed by atoms with Gasteiger partial charge in [-0.2, -0.15) is 0 Å². The van der Waals surface area contributed by atoms with Gasteiger partial charge in [0.05, 0.1) is 12.5 Å². The van der Waals surface area contributed by atoms with Gasteiger partial charge in [0.25, 0.3) is 0 Å². The molecule has 0 bridgehead atoms. The number of aliphatic carboxylic acids is 1. The van der Waals surface area contributed by atoms with E-state index in [1.165, 1.54) is 6.92 Å². The van der Waals surface area contributed by atoms with Crippen LogP contribution in [-0.2, 0) is 9.59 Å². The molecule has 4 nitrogen and oxygen atoms in total. The molecule has 15 heavy (non-hydrogen) atoms. The Balaban J connectivity index is 4.10. The van der Waals surface area contributed by atoms with Crippen LogP contribution in [0.2, 0.25) is 0 Å². The number of unbranched alkanes of at least 4 members (excludes halogenated alkanes) is 1. The zero-order chi connectivity index (χ0) is 11.8. The number of nitrogens with zero attached hydrogens (tertiary/aromatic N) is 1. The average Bonchev–Trinajstić information content (AvgIpc) is 2.13. The molecule has 0 spiro atoms. The highest BCUT2D eigenvalue weighted by Gasteiger charge is 2.16. The van der Waals surface area contributed by atoms with E-state index in [-0.39, 0.29) is 5.78 Å². The SMILES string of the molecule is CCCCN(CC(C)=O)CC(C)C(=O)O. The topological polar surface area (TPSA) is 57.6 Å². The van der Waals surface area contributed by atoms with Gasteiger partial charge in [0.15, 0.2) is 0 Å². The van der Waals surface area contributed by atoms with Gasteiger partial charge in [-0.05, 0) is 19.9 Å². The van der Waals surface area contributed by atoms with Crippen LogP contribution in [0.4, 0.5) is 0 Å². The van der Waals surface area contributed by atoms with E-state index < -0.39 is 11.9 Å². The van der Waals surface area contributed by atoms with Crippen molar-refractivity contribution < 1.29 is 14.7 Å². The number of carboxylic acids is 1. The number of rotatable bonds is 8. The minimum absolute atomic E-state index is 0.0868. The molecule has 0 rings (SSSR count). The third kappa shape index (κ3) is 7.08. The Labute approximate surface area is 91.3 Å². The van der Waals surface area contributed by atoms with Gasteiger partial charge in [0.2, 0.25) is 0 Å². The molecule has 0 aromatic heterocycles. The molecule has 0 aromatic carbocycles. The van der Waals surface area contributed by atoms with Crippen molar-refractivity contribution in [1.29, 1.82) is 0 Å². The van der Waals surface area contributed by atoms with Gasteiger partial charge in [-0.3, -0.25) is 14.5 Å². The van der Waals surface area contributed by atoms with Crippen molar-refractivity contribution in [3.63, 3.8) is 0 Å². The summed E-state index contributed by atoms with van der Waals surface area (Å²) in [6.45, 7) is 6.89. The third-order valence-corrected chi connectivity index (χ3v) is 2.23. The molecule has 0 aromatic rings. The highest BCUT2D eigenvalue weighted by atomic mass is 16.4. The summed E-state index contributed by atoms with van der Waals surface area (Å²) >= 11 is 0. The minimum atomic E-state index is -0.806. The Morgan fingerprint density at radius 1 is 1.40 bits per heavy atom. The molecule has 0 saturated carbocycles. The lowest BCUT2D eigenvalue weighted by molar-refractivity contribution is -0.142. The van der Waals surface area contributed by atoms with Crippen LogP contribution >= 0.6 is 0 Å². The normalized spacial score (nSPS) is 12.8. The van der Waals surface area contributed by atoms with E-state index >= 15 is 0 Å². The second-order valence-electron chi connectivity index (χ2n) is 4.03. The lowest BCUT2D eigenvalue weighted by Gasteiger charge is -2.22. The van der Waals surface area contributed by atoms with Crippen molar-refractivity contribution in [2.45, 2.75) is 33.6 Å². The van der Waals surface area contributed by atoms with E-state index in [0.29, 0.717) is 13.1 Å². The maximum Gasteiger partial charge on any atom is 0.307 e. The molecule has 1 unspecified atom stereocenters. The molecule has 88 valence electrons. The molecule has 0 heterocycles. The summed E-state index contributed by atoms with van der Waals surface area (Å²) in [7, 11) is 0. The fourth-order valence-corrected chi connectivity index (χ4v) is 1.40. The summed E-state index contributed by atoms with van der Waals surface area (Å²) in [5.41, 5.74) is 0. The van der Waals surface area contributed by atoms with Crippen LogP contribution in [0, 0.1) is 5.92 Å². The summed E-state index contributed by atoms with van der Waals surface area (Å²) in [5, 5.41) is 8.78. The van der Waals surface area contributed by atoms with Crippen molar-refractivity contribution in [2.24, 2.45) is 5.92 Å². The molecule has 0 radical (unpaired) electrons. The van der Waals surface area contributed by atoms with Gasteiger partial charge in [-0.25, -0.2) is 0 Å². The van der Waals surface area contributed by atoms with E-state index in [2.05, 4.69) is 6.92 Å². The quantitative estimate of drug-likeness (QED) is 0.665. The number of Topliss-reactive ketones (excluding diaryl/α,β-unsaturated/α-hetero) is 1.